The highest BCUT2D eigenvalue weighted by molar-refractivity contribution is 6.24. The van der Waals surface area contributed by atoms with Crippen molar-refractivity contribution in [2.75, 3.05) is 0 Å². The van der Waals surface area contributed by atoms with Crippen LogP contribution in [0.2, 0.25) is 0 Å². The van der Waals surface area contributed by atoms with Crippen LogP contribution in [0, 0.1) is 0 Å². The maximum Gasteiger partial charge on any atom is 0.218 e. The highest BCUT2D eigenvalue weighted by Crippen LogP contribution is 2.31. The van der Waals surface area contributed by atoms with E-state index >= 15 is 0 Å². The monoisotopic (exact) mass is 175 g/mol. The molecule has 11 heavy (non-hydrogen) atoms. The summed E-state index contributed by atoms with van der Waals surface area (Å²) in [4.78, 5) is 10.3. The van der Waals surface area contributed by atoms with Gasteiger partial charge in [0, 0.05) is 6.92 Å². The van der Waals surface area contributed by atoms with Crippen molar-refractivity contribution in [3.05, 3.63) is 0 Å². The number of hydrogen-bond donors (Lipinski definition) is 1. The van der Waals surface area contributed by atoms with E-state index in [1.54, 1.807) is 0 Å². The summed E-state index contributed by atoms with van der Waals surface area (Å²) in [6, 6.07) is 0. The number of nitrogens with one attached hydrogen (secondary N) is 1. The quantitative estimate of drug-likeness (QED) is 0.480. The van der Waals surface area contributed by atoms with E-state index in [0.717, 1.165) is 25.7 Å². The molecular weight excluding hydrogens is 162 g/mol. The van der Waals surface area contributed by atoms with Crippen molar-refractivity contribution >= 4 is 17.5 Å². The van der Waals surface area contributed by atoms with Crippen molar-refractivity contribution in [3.8, 4) is 0 Å². The summed E-state index contributed by atoms with van der Waals surface area (Å²) < 4.78 is 0. The Morgan fingerprint density at radius 2 is 1.91 bits per heavy atom. The number of halogens is 1. The van der Waals surface area contributed by atoms with Gasteiger partial charge in [-0.1, -0.05) is 18.0 Å². The molecule has 0 unspecified atom stereocenters. The molecule has 0 spiro atoms. The van der Waals surface area contributed by atoms with Crippen LogP contribution in [0.3, 0.4) is 0 Å². The van der Waals surface area contributed by atoms with E-state index in [-0.39, 0.29) is 5.91 Å². The fourth-order valence-corrected chi connectivity index (χ4v) is 1.95. The molecule has 0 radical (unpaired) electrons. The van der Waals surface area contributed by atoms with Gasteiger partial charge >= 0.3 is 0 Å². The molecule has 1 aliphatic carbocycles. The first-order valence-electron chi connectivity index (χ1n) is 4.10. The fraction of sp³-hybridized carbons (Fsp3) is 0.875. The van der Waals surface area contributed by atoms with Gasteiger partial charge in [0.1, 0.15) is 5.00 Å². The lowest BCUT2D eigenvalue weighted by molar-refractivity contribution is -0.120. The molecule has 0 heterocycles. The first-order valence-corrected chi connectivity index (χ1v) is 4.48. The normalized spacial score (nSPS) is 22.7. The van der Waals surface area contributed by atoms with Gasteiger partial charge in [0.05, 0.1) is 0 Å². The van der Waals surface area contributed by atoms with E-state index in [4.69, 9.17) is 11.6 Å². The molecule has 0 aromatic heterocycles. The Morgan fingerprint density at radius 1 is 1.36 bits per heavy atom. The molecule has 1 aliphatic rings. The number of hydrogen-bond acceptors (Lipinski definition) is 1. The zero-order chi connectivity index (χ0) is 8.32. The van der Waals surface area contributed by atoms with Crippen LogP contribution >= 0.6 is 11.6 Å². The molecule has 1 saturated carbocycles. The van der Waals surface area contributed by atoms with E-state index in [0.29, 0.717) is 0 Å². The second-order valence-electron chi connectivity index (χ2n) is 3.21. The van der Waals surface area contributed by atoms with Gasteiger partial charge < -0.3 is 5.32 Å². The molecule has 1 N–H and O–H groups in total. The SMILES string of the molecule is CC(=O)NC1(Cl)CCCCC1. The van der Waals surface area contributed by atoms with E-state index in [9.17, 15) is 4.79 Å². The Balaban J connectivity index is 2.43. The van der Waals surface area contributed by atoms with Crippen LogP contribution in [-0.4, -0.2) is 10.9 Å². The van der Waals surface area contributed by atoms with Crippen LogP contribution in [0.1, 0.15) is 39.0 Å². The third kappa shape index (κ3) is 2.70. The topological polar surface area (TPSA) is 29.1 Å². The standard InChI is InChI=1S/C8H14ClNO/c1-7(11)10-8(9)5-3-2-4-6-8/h2-6H2,1H3,(H,10,11). The number of carbonyl (C=O) groups excluding carboxylic acids is 1. The lowest BCUT2D eigenvalue weighted by Crippen LogP contribution is -2.43. The van der Waals surface area contributed by atoms with Crippen molar-refractivity contribution in [1.29, 1.82) is 0 Å². The minimum Gasteiger partial charge on any atom is -0.338 e. The predicted octanol–water partition coefficient (Wildman–Crippen LogP) is 2.02. The van der Waals surface area contributed by atoms with Gasteiger partial charge in [-0.2, -0.15) is 0 Å². The molecule has 1 amide bonds. The summed E-state index contributed by atoms with van der Waals surface area (Å²) in [5, 5.41) is 2.78. The molecule has 0 aromatic rings. The largest absolute Gasteiger partial charge is 0.338 e. The van der Waals surface area contributed by atoms with Crippen molar-refractivity contribution < 1.29 is 4.79 Å². The highest BCUT2D eigenvalue weighted by Gasteiger charge is 2.29. The summed E-state index contributed by atoms with van der Waals surface area (Å²) in [5.41, 5.74) is 0. The fourth-order valence-electron chi connectivity index (χ4n) is 1.55. The minimum atomic E-state index is -0.427. The Hall–Kier alpha value is -0.240. The molecule has 0 aliphatic heterocycles. The van der Waals surface area contributed by atoms with E-state index in [2.05, 4.69) is 5.32 Å². The molecule has 0 aromatic carbocycles. The second kappa shape index (κ2) is 3.44. The van der Waals surface area contributed by atoms with Crippen molar-refractivity contribution in [3.63, 3.8) is 0 Å². The van der Waals surface area contributed by atoms with Crippen LogP contribution in [0.4, 0.5) is 0 Å². The van der Waals surface area contributed by atoms with Crippen LogP contribution in [0.15, 0.2) is 0 Å². The summed E-state index contributed by atoms with van der Waals surface area (Å²) >= 11 is 6.14. The summed E-state index contributed by atoms with van der Waals surface area (Å²) in [6.45, 7) is 1.51. The zero-order valence-electron chi connectivity index (χ0n) is 6.82. The van der Waals surface area contributed by atoms with Gasteiger partial charge in [0.2, 0.25) is 5.91 Å². The lowest BCUT2D eigenvalue weighted by Gasteiger charge is -2.31. The average Bonchev–Trinajstić information content (AvgIpc) is 1.85. The Morgan fingerprint density at radius 3 is 2.36 bits per heavy atom. The summed E-state index contributed by atoms with van der Waals surface area (Å²) in [7, 11) is 0. The van der Waals surface area contributed by atoms with Gasteiger partial charge in [-0.05, 0) is 25.7 Å². The van der Waals surface area contributed by atoms with Gasteiger partial charge in [-0.15, -0.1) is 0 Å². The molecule has 0 bridgehead atoms. The Kier molecular flexibility index (Phi) is 2.77. The van der Waals surface area contributed by atoms with Gasteiger partial charge in [-0.25, -0.2) is 0 Å². The molecule has 2 nitrogen and oxygen atoms in total. The number of carbonyl (C=O) groups is 1. The predicted molar refractivity (Wildman–Crippen MR) is 45.5 cm³/mol. The molecule has 0 atom stereocenters. The van der Waals surface area contributed by atoms with Crippen LogP contribution < -0.4 is 5.32 Å². The van der Waals surface area contributed by atoms with Crippen LogP contribution in [0.25, 0.3) is 0 Å². The smallest absolute Gasteiger partial charge is 0.218 e. The van der Waals surface area contributed by atoms with E-state index in [1.807, 2.05) is 0 Å². The van der Waals surface area contributed by atoms with E-state index in [1.165, 1.54) is 13.3 Å². The van der Waals surface area contributed by atoms with Crippen molar-refractivity contribution in [2.24, 2.45) is 0 Å². The lowest BCUT2D eigenvalue weighted by atomic mass is 9.95. The maximum absolute atomic E-state index is 10.7. The van der Waals surface area contributed by atoms with Crippen LogP contribution in [0.5, 0.6) is 0 Å². The summed E-state index contributed by atoms with van der Waals surface area (Å²) in [5.74, 6) is -0.0260. The maximum atomic E-state index is 10.7. The van der Waals surface area contributed by atoms with E-state index < -0.39 is 5.00 Å². The molecule has 1 rings (SSSR count). The summed E-state index contributed by atoms with van der Waals surface area (Å²) in [6.07, 6.45) is 5.32. The minimum absolute atomic E-state index is 0.0260. The Bertz CT molecular complexity index is 152. The van der Waals surface area contributed by atoms with Gasteiger partial charge in [0.25, 0.3) is 0 Å². The third-order valence-corrected chi connectivity index (χ3v) is 2.52. The molecule has 1 fully saturated rings. The molecule has 3 heteroatoms. The van der Waals surface area contributed by atoms with Gasteiger partial charge in [0.15, 0.2) is 0 Å². The van der Waals surface area contributed by atoms with Crippen molar-refractivity contribution in [2.45, 2.75) is 44.0 Å². The van der Waals surface area contributed by atoms with Crippen molar-refractivity contribution in [1.82, 2.24) is 5.32 Å². The van der Waals surface area contributed by atoms with Crippen LogP contribution in [-0.2, 0) is 4.79 Å². The molecule has 64 valence electrons. The average molecular weight is 176 g/mol. The first-order chi connectivity index (χ1) is 5.12. The highest BCUT2D eigenvalue weighted by atomic mass is 35.5. The Labute approximate surface area is 72.3 Å². The molecule has 0 saturated heterocycles. The molecular formula is C8H14ClNO. The third-order valence-electron chi connectivity index (χ3n) is 2.05. The second-order valence-corrected chi connectivity index (χ2v) is 3.93. The first kappa shape index (κ1) is 8.85. The number of amides is 1. The number of alkyl halides is 1. The zero-order valence-corrected chi connectivity index (χ0v) is 7.58. The number of rotatable bonds is 1. The van der Waals surface area contributed by atoms with Gasteiger partial charge in [-0.3, -0.25) is 4.79 Å².